The van der Waals surface area contributed by atoms with Crippen LogP contribution in [0.2, 0.25) is 0 Å². The smallest absolute Gasteiger partial charge is 0.376 e. The molecule has 2 aromatic carbocycles. The van der Waals surface area contributed by atoms with Crippen molar-refractivity contribution in [1.29, 1.82) is 0 Å². The van der Waals surface area contributed by atoms with Crippen molar-refractivity contribution in [2.75, 3.05) is 17.7 Å². The summed E-state index contributed by atoms with van der Waals surface area (Å²) in [6, 6.07) is 13.5. The van der Waals surface area contributed by atoms with Crippen LogP contribution < -0.4 is 11.1 Å². The molecule has 6 nitrogen and oxygen atoms in total. The van der Waals surface area contributed by atoms with E-state index in [2.05, 4.69) is 10.3 Å². The number of nitrogens with zero attached hydrogens (tertiary/aromatic N) is 1. The Balaban J connectivity index is 1.85. The number of nitrogen functional groups attached to an aromatic ring is 1. The number of hydrogen-bond donors (Lipinski definition) is 2. The minimum absolute atomic E-state index is 0.0995. The Bertz CT molecular complexity index is 1120. The third-order valence-corrected chi connectivity index (χ3v) is 4.13. The number of rotatable bonds is 4. The van der Waals surface area contributed by atoms with Crippen molar-refractivity contribution in [2.45, 2.75) is 6.92 Å². The quantitative estimate of drug-likeness (QED) is 0.418. The Morgan fingerprint density at radius 2 is 2.00 bits per heavy atom. The molecule has 3 N–H and O–H groups in total. The number of pyridine rings is 1. The monoisotopic (exact) mass is 347 g/mol. The van der Waals surface area contributed by atoms with Gasteiger partial charge >= 0.3 is 5.97 Å². The van der Waals surface area contributed by atoms with Crippen molar-refractivity contribution in [1.82, 2.24) is 4.98 Å². The van der Waals surface area contributed by atoms with Gasteiger partial charge in [-0.15, -0.1) is 0 Å². The van der Waals surface area contributed by atoms with E-state index in [4.69, 9.17) is 14.9 Å². The first-order valence-electron chi connectivity index (χ1n) is 8.26. The third-order valence-electron chi connectivity index (χ3n) is 4.13. The van der Waals surface area contributed by atoms with Gasteiger partial charge in [-0.2, -0.15) is 0 Å². The standard InChI is InChI=1S/C20H17N3O3/c1-2-25-20(24)19-18(14-7-8-22-11-17(14)26-19)23-16-10-13-6-4-3-5-12(13)9-15(16)21/h3-11,23H,2,21H2,1H3. The Hall–Kier alpha value is -3.54. The summed E-state index contributed by atoms with van der Waals surface area (Å²) in [6.07, 6.45) is 3.20. The summed E-state index contributed by atoms with van der Waals surface area (Å²) in [4.78, 5) is 16.4. The maximum atomic E-state index is 12.3. The number of carbonyl (C=O) groups excluding carboxylic acids is 1. The number of furan rings is 1. The average molecular weight is 347 g/mol. The second-order valence-corrected chi connectivity index (χ2v) is 5.81. The molecular weight excluding hydrogens is 330 g/mol. The van der Waals surface area contributed by atoms with Gasteiger partial charge in [0.05, 0.1) is 24.2 Å². The maximum Gasteiger partial charge on any atom is 0.376 e. The van der Waals surface area contributed by atoms with Crippen molar-refractivity contribution in [2.24, 2.45) is 0 Å². The molecule has 4 rings (SSSR count). The number of fused-ring (bicyclic) bond motifs is 2. The van der Waals surface area contributed by atoms with E-state index in [-0.39, 0.29) is 12.4 Å². The predicted octanol–water partition coefficient (Wildman–Crippen LogP) is 4.48. The van der Waals surface area contributed by atoms with E-state index in [1.165, 1.54) is 0 Å². The number of carbonyl (C=O) groups is 1. The highest BCUT2D eigenvalue weighted by Gasteiger charge is 2.22. The average Bonchev–Trinajstić information content (AvgIpc) is 3.01. The van der Waals surface area contributed by atoms with Crippen LogP contribution >= 0.6 is 0 Å². The van der Waals surface area contributed by atoms with Gasteiger partial charge in [-0.05, 0) is 35.9 Å². The van der Waals surface area contributed by atoms with E-state index >= 15 is 0 Å². The summed E-state index contributed by atoms with van der Waals surface area (Å²) in [5.74, 6) is -0.437. The highest BCUT2D eigenvalue weighted by molar-refractivity contribution is 6.06. The number of hydrogen-bond acceptors (Lipinski definition) is 6. The SMILES string of the molecule is CCOC(=O)c1oc2cnccc2c1Nc1cc2ccccc2cc1N. The van der Waals surface area contributed by atoms with Crippen LogP contribution in [0.4, 0.5) is 17.1 Å². The molecule has 2 heterocycles. The van der Waals surface area contributed by atoms with E-state index in [9.17, 15) is 4.79 Å². The molecule has 130 valence electrons. The maximum absolute atomic E-state index is 12.3. The molecule has 0 bridgehead atoms. The van der Waals surface area contributed by atoms with Crippen LogP contribution in [0.1, 0.15) is 17.5 Å². The summed E-state index contributed by atoms with van der Waals surface area (Å²) in [6.45, 7) is 2.00. The van der Waals surface area contributed by atoms with Gasteiger partial charge in [0.1, 0.15) is 5.69 Å². The highest BCUT2D eigenvalue weighted by atomic mass is 16.5. The second kappa shape index (κ2) is 6.40. The Labute approximate surface area is 149 Å². The van der Waals surface area contributed by atoms with Crippen molar-refractivity contribution in [3.05, 3.63) is 60.6 Å². The molecule has 0 spiro atoms. The number of ether oxygens (including phenoxy) is 1. The van der Waals surface area contributed by atoms with Gasteiger partial charge in [-0.25, -0.2) is 4.79 Å². The zero-order valence-electron chi connectivity index (χ0n) is 14.2. The van der Waals surface area contributed by atoms with E-state index in [0.29, 0.717) is 22.6 Å². The molecule has 0 saturated heterocycles. The topological polar surface area (TPSA) is 90.4 Å². The molecule has 0 aliphatic carbocycles. The molecule has 26 heavy (non-hydrogen) atoms. The molecule has 0 saturated carbocycles. The Kier molecular flexibility index (Phi) is 3.93. The van der Waals surface area contributed by atoms with E-state index in [0.717, 1.165) is 16.2 Å². The lowest BCUT2D eigenvalue weighted by Gasteiger charge is -2.11. The van der Waals surface area contributed by atoms with Crippen molar-refractivity contribution in [3.63, 3.8) is 0 Å². The molecule has 0 amide bonds. The number of esters is 1. The van der Waals surface area contributed by atoms with Crippen LogP contribution in [-0.4, -0.2) is 17.6 Å². The molecule has 4 aromatic rings. The minimum atomic E-state index is -0.537. The molecular formula is C20H17N3O3. The van der Waals surface area contributed by atoms with E-state index in [1.807, 2.05) is 36.4 Å². The summed E-state index contributed by atoms with van der Waals surface area (Å²) < 4.78 is 10.8. The molecule has 0 aliphatic rings. The number of nitrogens with two attached hydrogens (primary N) is 1. The zero-order valence-corrected chi connectivity index (χ0v) is 14.2. The Morgan fingerprint density at radius 3 is 2.77 bits per heavy atom. The Morgan fingerprint density at radius 1 is 1.23 bits per heavy atom. The first-order chi connectivity index (χ1) is 12.7. The van der Waals surface area contributed by atoms with Gasteiger partial charge in [0.25, 0.3) is 0 Å². The van der Waals surface area contributed by atoms with Crippen LogP contribution in [0.15, 0.2) is 59.3 Å². The molecule has 0 fully saturated rings. The van der Waals surface area contributed by atoms with Gasteiger partial charge < -0.3 is 20.2 Å². The van der Waals surface area contributed by atoms with Crippen LogP contribution in [-0.2, 0) is 4.74 Å². The minimum Gasteiger partial charge on any atom is -0.460 e. The first-order valence-corrected chi connectivity index (χ1v) is 8.26. The molecule has 6 heteroatoms. The summed E-state index contributed by atoms with van der Waals surface area (Å²) >= 11 is 0. The van der Waals surface area contributed by atoms with Gasteiger partial charge in [0, 0.05) is 11.6 Å². The van der Waals surface area contributed by atoms with Crippen molar-refractivity contribution in [3.8, 4) is 0 Å². The van der Waals surface area contributed by atoms with Gasteiger partial charge in [-0.3, -0.25) is 4.98 Å². The van der Waals surface area contributed by atoms with Gasteiger partial charge in [-0.1, -0.05) is 24.3 Å². The number of aromatic nitrogens is 1. The van der Waals surface area contributed by atoms with E-state index in [1.54, 1.807) is 25.4 Å². The number of anilines is 3. The molecule has 0 unspecified atom stereocenters. The van der Waals surface area contributed by atoms with Crippen LogP contribution in [0, 0.1) is 0 Å². The lowest BCUT2D eigenvalue weighted by atomic mass is 10.1. The normalized spacial score (nSPS) is 11.0. The fourth-order valence-corrected chi connectivity index (χ4v) is 2.92. The lowest BCUT2D eigenvalue weighted by molar-refractivity contribution is 0.0494. The summed E-state index contributed by atoms with van der Waals surface area (Å²) in [7, 11) is 0. The van der Waals surface area contributed by atoms with Crippen LogP contribution in [0.25, 0.3) is 21.7 Å². The predicted molar refractivity (Wildman–Crippen MR) is 102 cm³/mol. The fraction of sp³-hybridized carbons (Fsp3) is 0.100. The highest BCUT2D eigenvalue weighted by Crippen LogP contribution is 2.36. The van der Waals surface area contributed by atoms with Crippen LogP contribution in [0.3, 0.4) is 0 Å². The first kappa shape index (κ1) is 16.0. The fourth-order valence-electron chi connectivity index (χ4n) is 2.92. The van der Waals surface area contributed by atoms with Crippen LogP contribution in [0.5, 0.6) is 0 Å². The van der Waals surface area contributed by atoms with E-state index < -0.39 is 5.97 Å². The third kappa shape index (κ3) is 2.71. The lowest BCUT2D eigenvalue weighted by Crippen LogP contribution is -2.06. The number of nitrogens with one attached hydrogen (secondary N) is 1. The zero-order chi connectivity index (χ0) is 18.1. The second-order valence-electron chi connectivity index (χ2n) is 5.81. The molecule has 0 aliphatic heterocycles. The van der Waals surface area contributed by atoms with Crippen molar-refractivity contribution >= 4 is 44.8 Å². The van der Waals surface area contributed by atoms with Gasteiger partial charge in [0.2, 0.25) is 5.76 Å². The largest absolute Gasteiger partial charge is 0.460 e. The molecule has 2 aromatic heterocycles. The summed E-state index contributed by atoms with van der Waals surface area (Å²) in [5.41, 5.74) is 8.48. The molecule has 0 atom stereocenters. The molecule has 0 radical (unpaired) electrons. The van der Waals surface area contributed by atoms with Crippen molar-refractivity contribution < 1.29 is 13.9 Å². The van der Waals surface area contributed by atoms with Gasteiger partial charge in [0.15, 0.2) is 5.58 Å². The number of benzene rings is 2. The summed E-state index contributed by atoms with van der Waals surface area (Å²) in [5, 5.41) is 6.06.